The average Bonchev–Trinajstić information content (AvgIpc) is 3.29. The van der Waals surface area contributed by atoms with Crippen LogP contribution in [0.3, 0.4) is 0 Å². The summed E-state index contributed by atoms with van der Waals surface area (Å²) in [6.07, 6.45) is 4.93. The maximum absolute atomic E-state index is 14.3. The molecule has 0 spiro atoms. The van der Waals surface area contributed by atoms with Crippen molar-refractivity contribution in [2.24, 2.45) is 0 Å². The molecule has 31 heavy (non-hydrogen) atoms. The number of ether oxygens (including phenoxy) is 1. The number of nitrogens with one attached hydrogen (secondary N) is 2. The molecule has 0 aliphatic carbocycles. The van der Waals surface area contributed by atoms with Crippen LogP contribution in [0.25, 0.3) is 5.65 Å². The number of nitrogens with zero attached hydrogens (tertiary/aromatic N) is 2. The van der Waals surface area contributed by atoms with Gasteiger partial charge in [0.05, 0.1) is 23.6 Å². The van der Waals surface area contributed by atoms with E-state index in [9.17, 15) is 14.0 Å². The molecule has 0 saturated carbocycles. The second kappa shape index (κ2) is 8.11. The minimum absolute atomic E-state index is 0.0441. The highest BCUT2D eigenvalue weighted by Crippen LogP contribution is 2.29. The minimum Gasteiger partial charge on any atom is -0.371 e. The second-order valence-electron chi connectivity index (χ2n) is 8.47. The van der Waals surface area contributed by atoms with Gasteiger partial charge in [-0.05, 0) is 69.5 Å². The first kappa shape index (κ1) is 21.0. The van der Waals surface area contributed by atoms with Crippen molar-refractivity contribution in [1.29, 1.82) is 0 Å². The quantitative estimate of drug-likeness (QED) is 0.654. The zero-order valence-corrected chi connectivity index (χ0v) is 17.7. The maximum atomic E-state index is 14.3. The topological polar surface area (TPSA) is 84.7 Å². The third kappa shape index (κ3) is 4.59. The number of imidazole rings is 1. The van der Waals surface area contributed by atoms with Crippen LogP contribution in [-0.2, 0) is 4.74 Å². The summed E-state index contributed by atoms with van der Waals surface area (Å²) >= 11 is 0. The van der Waals surface area contributed by atoms with E-state index in [1.165, 1.54) is 18.3 Å². The number of benzene rings is 1. The molecule has 2 N–H and O–H groups in total. The molecule has 4 rings (SSSR count). The standard InChI is InChI=1S/C23H25FN4O3/c1-14-7-9-28-19(13-25-20(28)10-14)22(30)27-18-11-15(4-5-17(18)24)21(29)26-12-16-6-8-23(2,3)31-16/h4-5,7,9-11,13,16H,6,8,12H2,1-3H3,(H,26,29)(H,27,30)/t16-/m0/s1. The monoisotopic (exact) mass is 424 g/mol. The van der Waals surface area contributed by atoms with Gasteiger partial charge in [-0.15, -0.1) is 0 Å². The van der Waals surface area contributed by atoms with E-state index in [0.717, 1.165) is 24.5 Å². The van der Waals surface area contributed by atoms with Crippen molar-refractivity contribution < 1.29 is 18.7 Å². The number of aromatic nitrogens is 2. The van der Waals surface area contributed by atoms with Gasteiger partial charge in [0.2, 0.25) is 0 Å². The Morgan fingerprint density at radius 3 is 2.81 bits per heavy atom. The van der Waals surface area contributed by atoms with Crippen LogP contribution in [0.2, 0.25) is 0 Å². The van der Waals surface area contributed by atoms with Crippen LogP contribution in [0, 0.1) is 12.7 Å². The van der Waals surface area contributed by atoms with Gasteiger partial charge in [0.15, 0.2) is 0 Å². The molecule has 1 atom stereocenters. The highest BCUT2D eigenvalue weighted by Gasteiger charge is 2.31. The number of rotatable bonds is 5. The lowest BCUT2D eigenvalue weighted by atomic mass is 10.1. The molecule has 1 aromatic carbocycles. The fraction of sp³-hybridized carbons (Fsp3) is 0.348. The molecule has 1 fully saturated rings. The number of carbonyl (C=O) groups excluding carboxylic acids is 2. The molecule has 3 aromatic rings. The van der Waals surface area contributed by atoms with Crippen molar-refractivity contribution in [2.45, 2.75) is 45.3 Å². The summed E-state index contributed by atoms with van der Waals surface area (Å²) < 4.78 is 21.8. The van der Waals surface area contributed by atoms with Crippen LogP contribution in [0.15, 0.2) is 42.7 Å². The van der Waals surface area contributed by atoms with E-state index in [4.69, 9.17) is 4.74 Å². The highest BCUT2D eigenvalue weighted by molar-refractivity contribution is 6.04. The van der Waals surface area contributed by atoms with Crippen LogP contribution in [0.5, 0.6) is 0 Å². The Kier molecular flexibility index (Phi) is 5.49. The molecule has 1 aliphatic heterocycles. The summed E-state index contributed by atoms with van der Waals surface area (Å²) in [5, 5.41) is 5.37. The Balaban J connectivity index is 1.46. The second-order valence-corrected chi connectivity index (χ2v) is 8.47. The lowest BCUT2D eigenvalue weighted by Gasteiger charge is -2.19. The van der Waals surface area contributed by atoms with E-state index in [1.807, 2.05) is 32.9 Å². The number of aryl methyl sites for hydroxylation is 1. The molecule has 1 aliphatic rings. The molecular weight excluding hydrogens is 399 g/mol. The molecule has 162 valence electrons. The fourth-order valence-corrected chi connectivity index (χ4v) is 3.73. The van der Waals surface area contributed by atoms with Crippen molar-refractivity contribution in [3.05, 3.63) is 65.4 Å². The van der Waals surface area contributed by atoms with Gasteiger partial charge in [0.1, 0.15) is 17.2 Å². The van der Waals surface area contributed by atoms with E-state index in [-0.39, 0.29) is 34.6 Å². The maximum Gasteiger partial charge on any atom is 0.274 e. The van der Waals surface area contributed by atoms with Crippen LogP contribution < -0.4 is 10.6 Å². The zero-order chi connectivity index (χ0) is 22.2. The van der Waals surface area contributed by atoms with E-state index in [1.54, 1.807) is 10.6 Å². The molecular formula is C23H25FN4O3. The Bertz CT molecular complexity index is 1150. The minimum atomic E-state index is -0.629. The summed E-state index contributed by atoms with van der Waals surface area (Å²) in [6, 6.07) is 7.58. The van der Waals surface area contributed by atoms with Crippen molar-refractivity contribution in [1.82, 2.24) is 14.7 Å². The van der Waals surface area contributed by atoms with Crippen LogP contribution >= 0.6 is 0 Å². The van der Waals surface area contributed by atoms with Gasteiger partial charge in [-0.25, -0.2) is 9.37 Å². The van der Waals surface area contributed by atoms with Gasteiger partial charge in [0.25, 0.3) is 11.8 Å². The van der Waals surface area contributed by atoms with Crippen LogP contribution in [0.1, 0.15) is 53.1 Å². The van der Waals surface area contributed by atoms with E-state index in [0.29, 0.717) is 12.2 Å². The third-order valence-electron chi connectivity index (χ3n) is 5.42. The summed E-state index contributed by atoms with van der Waals surface area (Å²) in [4.78, 5) is 29.5. The third-order valence-corrected chi connectivity index (χ3v) is 5.42. The Labute approximate surface area is 179 Å². The molecule has 0 bridgehead atoms. The molecule has 8 heteroatoms. The summed E-state index contributed by atoms with van der Waals surface area (Å²) in [7, 11) is 0. The van der Waals surface area contributed by atoms with Gasteiger partial charge in [-0.1, -0.05) is 0 Å². The Morgan fingerprint density at radius 2 is 2.06 bits per heavy atom. The number of anilines is 1. The first-order valence-corrected chi connectivity index (χ1v) is 10.2. The average molecular weight is 424 g/mol. The summed E-state index contributed by atoms with van der Waals surface area (Å²) in [5.74, 6) is -1.50. The molecule has 2 aromatic heterocycles. The van der Waals surface area contributed by atoms with Gasteiger partial charge in [0, 0.05) is 18.3 Å². The SMILES string of the molecule is Cc1ccn2c(C(=O)Nc3cc(C(=O)NC[C@@H]4CCC(C)(C)O4)ccc3F)cnc2c1. The molecule has 2 amide bonds. The van der Waals surface area contributed by atoms with Gasteiger partial charge in [-0.2, -0.15) is 0 Å². The van der Waals surface area contributed by atoms with Crippen molar-refractivity contribution >= 4 is 23.1 Å². The molecule has 0 unspecified atom stereocenters. The largest absolute Gasteiger partial charge is 0.371 e. The lowest BCUT2D eigenvalue weighted by Crippen LogP contribution is -2.33. The molecule has 1 saturated heterocycles. The number of carbonyl (C=O) groups is 2. The smallest absolute Gasteiger partial charge is 0.274 e. The van der Waals surface area contributed by atoms with Crippen molar-refractivity contribution in [3.8, 4) is 0 Å². The van der Waals surface area contributed by atoms with Crippen molar-refractivity contribution in [3.63, 3.8) is 0 Å². The predicted molar refractivity (Wildman–Crippen MR) is 115 cm³/mol. The molecule has 7 nitrogen and oxygen atoms in total. The summed E-state index contributed by atoms with van der Waals surface area (Å²) in [5.41, 5.74) is 1.91. The number of hydrogen-bond donors (Lipinski definition) is 2. The van der Waals surface area contributed by atoms with Gasteiger partial charge < -0.3 is 15.4 Å². The normalized spacial score (nSPS) is 17.6. The fourth-order valence-electron chi connectivity index (χ4n) is 3.73. The van der Waals surface area contributed by atoms with Gasteiger partial charge in [-0.3, -0.25) is 14.0 Å². The first-order chi connectivity index (χ1) is 14.7. The van der Waals surface area contributed by atoms with E-state index in [2.05, 4.69) is 15.6 Å². The van der Waals surface area contributed by atoms with E-state index >= 15 is 0 Å². The molecule has 3 heterocycles. The first-order valence-electron chi connectivity index (χ1n) is 10.2. The highest BCUT2D eigenvalue weighted by atomic mass is 19.1. The Morgan fingerprint density at radius 1 is 1.26 bits per heavy atom. The van der Waals surface area contributed by atoms with Crippen LogP contribution in [-0.4, -0.2) is 39.4 Å². The number of halogens is 1. The van der Waals surface area contributed by atoms with Gasteiger partial charge >= 0.3 is 0 Å². The number of amides is 2. The predicted octanol–water partition coefficient (Wildman–Crippen LogP) is 3.72. The number of hydrogen-bond acceptors (Lipinski definition) is 4. The van der Waals surface area contributed by atoms with Crippen molar-refractivity contribution in [2.75, 3.05) is 11.9 Å². The molecule has 0 radical (unpaired) electrons. The zero-order valence-electron chi connectivity index (χ0n) is 17.7. The van der Waals surface area contributed by atoms with Crippen LogP contribution in [0.4, 0.5) is 10.1 Å². The lowest BCUT2D eigenvalue weighted by molar-refractivity contribution is -0.0138. The summed E-state index contributed by atoms with van der Waals surface area (Å²) in [6.45, 7) is 6.35. The Hall–Kier alpha value is -3.26. The van der Waals surface area contributed by atoms with E-state index < -0.39 is 11.7 Å². The number of fused-ring (bicyclic) bond motifs is 1. The number of pyridine rings is 1.